The number of rotatable bonds is 7. The Hall–Kier alpha value is -7.33. The molecule has 0 amide bonds. The molecule has 8 aromatic carbocycles. The van der Waals surface area contributed by atoms with Crippen LogP contribution in [0.5, 0.6) is 5.75 Å². The van der Waals surface area contributed by atoms with E-state index in [1.165, 1.54) is 55.3 Å². The van der Waals surface area contributed by atoms with Gasteiger partial charge in [-0.15, -0.1) is 34.9 Å². The van der Waals surface area contributed by atoms with Crippen molar-refractivity contribution in [3.63, 3.8) is 0 Å². The number of aromatic nitrogens is 4. The molecule has 0 radical (unpaired) electrons. The Balaban J connectivity index is 0.00000530. The Morgan fingerprint density at radius 1 is 0.514 bits per heavy atom. The van der Waals surface area contributed by atoms with Crippen LogP contribution in [0.15, 0.2) is 176 Å². The first-order valence-electron chi connectivity index (χ1n) is 25.2. The maximum atomic E-state index is 13.3. The van der Waals surface area contributed by atoms with E-state index in [1.54, 1.807) is 0 Å². The molecule has 3 aliphatic carbocycles. The quantitative estimate of drug-likeness (QED) is 0.162. The molecule has 72 heavy (non-hydrogen) atoms. The zero-order valence-corrected chi connectivity index (χ0v) is 43.9. The van der Waals surface area contributed by atoms with Crippen LogP contribution in [0.1, 0.15) is 122 Å². The van der Waals surface area contributed by atoms with E-state index in [0.29, 0.717) is 22.6 Å². The molecule has 0 saturated carbocycles. The summed E-state index contributed by atoms with van der Waals surface area (Å²) >= 11 is 0. The van der Waals surface area contributed by atoms with E-state index in [-0.39, 0.29) is 55.9 Å². The van der Waals surface area contributed by atoms with E-state index in [1.807, 2.05) is 6.07 Å². The van der Waals surface area contributed by atoms with Gasteiger partial charge in [-0.05, 0) is 104 Å². The van der Waals surface area contributed by atoms with Gasteiger partial charge in [0, 0.05) is 54.9 Å². The van der Waals surface area contributed by atoms with Crippen LogP contribution >= 0.6 is 0 Å². The molecule has 356 valence electrons. The third-order valence-electron chi connectivity index (χ3n) is 15.4. The Morgan fingerprint density at radius 3 is 1.61 bits per heavy atom. The van der Waals surface area contributed by atoms with Gasteiger partial charge in [-0.3, -0.25) is 9.55 Å². The summed E-state index contributed by atoms with van der Waals surface area (Å²) < 4.78 is 4.66. The number of phenolic OH excluding ortho intramolecular Hbond substituents is 1. The van der Waals surface area contributed by atoms with Crippen LogP contribution in [0.4, 0.5) is 0 Å². The number of imidazole rings is 1. The molecule has 0 aliphatic heterocycles. The van der Waals surface area contributed by atoms with Crippen molar-refractivity contribution >= 4 is 32.8 Å². The molecule has 3 heterocycles. The van der Waals surface area contributed by atoms with Crippen LogP contribution in [0.25, 0.3) is 78.1 Å². The third-order valence-corrected chi connectivity index (χ3v) is 15.4. The molecule has 6 heteroatoms. The van der Waals surface area contributed by atoms with Gasteiger partial charge in [0.2, 0.25) is 0 Å². The molecule has 0 fully saturated rings. The van der Waals surface area contributed by atoms with E-state index in [4.69, 9.17) is 9.97 Å². The van der Waals surface area contributed by atoms with Gasteiger partial charge in [-0.25, -0.2) is 4.98 Å². The van der Waals surface area contributed by atoms with Crippen molar-refractivity contribution in [3.05, 3.63) is 232 Å². The maximum Gasteiger partial charge on any atom is 0.149 e. The fourth-order valence-corrected chi connectivity index (χ4v) is 12.0. The number of nitrogens with zero attached hydrogens (tertiary/aromatic N) is 4. The number of hydrogen-bond donors (Lipinski definition) is 1. The van der Waals surface area contributed by atoms with Gasteiger partial charge in [0.1, 0.15) is 11.6 Å². The molecule has 14 rings (SSSR count). The monoisotopic (exact) mass is 1110 g/mol. The van der Waals surface area contributed by atoms with Crippen LogP contribution in [0.2, 0.25) is 0 Å². The molecule has 0 atom stereocenters. The second kappa shape index (κ2) is 17.2. The minimum absolute atomic E-state index is 0. The summed E-state index contributed by atoms with van der Waals surface area (Å²) in [6.45, 7) is 15.7. The van der Waals surface area contributed by atoms with Gasteiger partial charge in [0.05, 0.1) is 39.0 Å². The zero-order valence-electron chi connectivity index (χ0n) is 41.6. The van der Waals surface area contributed by atoms with Gasteiger partial charge in [-0.2, -0.15) is 0 Å². The molecule has 3 aliphatic rings. The molecule has 3 aromatic heterocycles. The molecule has 0 unspecified atom stereocenters. The van der Waals surface area contributed by atoms with E-state index < -0.39 is 0 Å². The largest absolute Gasteiger partial charge is 0.506 e. The van der Waals surface area contributed by atoms with Crippen LogP contribution < -0.4 is 0 Å². The van der Waals surface area contributed by atoms with E-state index in [9.17, 15) is 5.11 Å². The van der Waals surface area contributed by atoms with Gasteiger partial charge in [0.25, 0.3) is 0 Å². The number of hydrogen-bond acceptors (Lipinski definition) is 3. The van der Waals surface area contributed by atoms with Gasteiger partial charge < -0.3 is 9.67 Å². The molecule has 0 spiro atoms. The molecular formula is C66H55N4OPt-. The van der Waals surface area contributed by atoms with Gasteiger partial charge in [0.15, 0.2) is 0 Å². The summed E-state index contributed by atoms with van der Waals surface area (Å²) in [5.74, 6) is 1.57. The van der Waals surface area contributed by atoms with Crippen molar-refractivity contribution in [1.29, 1.82) is 0 Å². The second-order valence-corrected chi connectivity index (χ2v) is 21.4. The van der Waals surface area contributed by atoms with E-state index >= 15 is 0 Å². The predicted octanol–water partition coefficient (Wildman–Crippen LogP) is 16.6. The number of fused-ring (bicyclic) bond motifs is 4. The smallest absolute Gasteiger partial charge is 0.149 e. The van der Waals surface area contributed by atoms with Crippen molar-refractivity contribution in [2.24, 2.45) is 0 Å². The van der Waals surface area contributed by atoms with Crippen molar-refractivity contribution in [1.82, 2.24) is 19.1 Å². The Morgan fingerprint density at radius 2 is 1.03 bits per heavy atom. The Kier molecular flexibility index (Phi) is 10.9. The number of para-hydroxylation sites is 5. The first-order valence-corrected chi connectivity index (χ1v) is 25.2. The minimum atomic E-state index is -0.293. The first kappa shape index (κ1) is 45.8. The fraction of sp³-hybridized carbons (Fsp3) is 0.182. The normalized spacial score (nSPS) is 14.8. The molecule has 0 saturated heterocycles. The third kappa shape index (κ3) is 6.99. The summed E-state index contributed by atoms with van der Waals surface area (Å²) in [7, 11) is 0. The number of pyridine rings is 1. The zero-order chi connectivity index (χ0) is 48.4. The van der Waals surface area contributed by atoms with Crippen LogP contribution in [-0.4, -0.2) is 24.2 Å². The molecule has 5 nitrogen and oxygen atoms in total. The topological polar surface area (TPSA) is 55.9 Å². The number of phenols is 1. The van der Waals surface area contributed by atoms with E-state index in [0.717, 1.165) is 50.3 Å². The number of aromatic hydroxyl groups is 1. The SMILES string of the molecule is CC(C)c1cccc(C(C)C)c1-n1c(-c2cc(C(C)(C)C)cc(-c3cc(-n4c5ccccc5c5ccccc54)cc(-c4[c-]cc5c(c4)C4c6ccccc6C5c5ccccc54)n3)c2O)nc2ccccc21.[Pt]. The molecular weight excluding hydrogens is 1060 g/mol. The van der Waals surface area contributed by atoms with Crippen molar-refractivity contribution in [2.75, 3.05) is 0 Å². The summed E-state index contributed by atoms with van der Waals surface area (Å²) in [5.41, 5.74) is 21.2. The Bertz CT molecular complexity index is 3850. The van der Waals surface area contributed by atoms with E-state index in [2.05, 4.69) is 234 Å². The van der Waals surface area contributed by atoms with Gasteiger partial charge >= 0.3 is 0 Å². The summed E-state index contributed by atoms with van der Waals surface area (Å²) in [6, 6.07) is 67.3. The summed E-state index contributed by atoms with van der Waals surface area (Å²) in [6.07, 6.45) is 0. The minimum Gasteiger partial charge on any atom is -0.506 e. The Labute approximate surface area is 436 Å². The molecule has 11 aromatic rings. The fourth-order valence-electron chi connectivity index (χ4n) is 12.0. The summed E-state index contributed by atoms with van der Waals surface area (Å²) in [4.78, 5) is 11.1. The average Bonchev–Trinajstić information content (AvgIpc) is 3.94. The maximum absolute atomic E-state index is 13.3. The van der Waals surface area contributed by atoms with Crippen molar-refractivity contribution < 1.29 is 26.2 Å². The van der Waals surface area contributed by atoms with Crippen molar-refractivity contribution in [2.45, 2.75) is 77.6 Å². The second-order valence-electron chi connectivity index (χ2n) is 21.4. The predicted molar refractivity (Wildman–Crippen MR) is 292 cm³/mol. The van der Waals surface area contributed by atoms with Crippen molar-refractivity contribution in [3.8, 4) is 51.0 Å². The number of benzene rings is 8. The standard InChI is InChI=1S/C66H55N4O.Pt/c1-38(2)43-25-18-26-44(39(3)4)63(43)70-60-30-17-14-27-55(60)68-65(70)54-35-41(66(5,6)7)34-53(64(54)71)57-37-42(69-58-28-15-12-19-45(58)46-20-13-16-29-59(46)69)36-56(67-57)40-31-32-51-52(33-40)62-49-23-10-8-21-47(49)61(51)48-22-9-11-24-50(48)62;/h8-30,32-39,61-62,71H,1-7H3;/q-1;. The molecule has 1 N–H and O–H groups in total. The average molecular weight is 1120 g/mol. The summed E-state index contributed by atoms with van der Waals surface area (Å²) in [5, 5.41) is 15.6. The van der Waals surface area contributed by atoms with Crippen LogP contribution in [0, 0.1) is 6.07 Å². The van der Waals surface area contributed by atoms with Gasteiger partial charge in [-0.1, -0.05) is 170 Å². The molecule has 2 bridgehead atoms. The van der Waals surface area contributed by atoms with Crippen LogP contribution in [-0.2, 0) is 26.5 Å². The van der Waals surface area contributed by atoms with Crippen LogP contribution in [0.3, 0.4) is 0 Å². The first-order chi connectivity index (χ1) is 34.4.